The van der Waals surface area contributed by atoms with E-state index in [0.29, 0.717) is 39.7 Å². The summed E-state index contributed by atoms with van der Waals surface area (Å²) in [5, 5.41) is 10.8. The second-order valence-corrected chi connectivity index (χ2v) is 6.16. The van der Waals surface area contributed by atoms with Crippen molar-refractivity contribution in [2.75, 3.05) is 5.73 Å². The highest BCUT2D eigenvalue weighted by Crippen LogP contribution is 2.33. The molecule has 0 aliphatic carbocycles. The summed E-state index contributed by atoms with van der Waals surface area (Å²) in [5.41, 5.74) is 10.1. The predicted molar refractivity (Wildman–Crippen MR) is 99.6 cm³/mol. The van der Waals surface area contributed by atoms with Gasteiger partial charge in [0.2, 0.25) is 0 Å². The number of imidazole rings is 1. The van der Waals surface area contributed by atoms with E-state index in [2.05, 4.69) is 9.97 Å². The maximum absolute atomic E-state index is 10.1. The fourth-order valence-electron chi connectivity index (χ4n) is 2.82. The van der Waals surface area contributed by atoms with Gasteiger partial charge in [-0.05, 0) is 29.8 Å². The van der Waals surface area contributed by atoms with Crippen molar-refractivity contribution < 1.29 is 5.11 Å². The average molecular weight is 351 g/mol. The van der Waals surface area contributed by atoms with Crippen LogP contribution in [-0.2, 0) is 6.54 Å². The quantitative estimate of drug-likeness (QED) is 0.583. The van der Waals surface area contributed by atoms with Crippen LogP contribution in [0.5, 0.6) is 5.75 Å². The van der Waals surface area contributed by atoms with Crippen molar-refractivity contribution in [3.8, 4) is 17.0 Å². The fourth-order valence-corrected chi connectivity index (χ4v) is 3.01. The third-order valence-electron chi connectivity index (χ3n) is 4.08. The summed E-state index contributed by atoms with van der Waals surface area (Å²) in [7, 11) is 0. The standard InChI is InChI=1S/C19H15ClN4O/c20-14-7-3-1-5-12(14)10-24-11-22-16-9-15(21)18(23-19(16)24)13-6-2-4-8-17(13)25/h1-9,11,25H,10,21H2. The Morgan fingerprint density at radius 2 is 1.84 bits per heavy atom. The first-order valence-electron chi connectivity index (χ1n) is 7.76. The first kappa shape index (κ1) is 15.5. The predicted octanol–water partition coefficient (Wildman–Crippen LogP) is 4.09. The lowest BCUT2D eigenvalue weighted by Gasteiger charge is -2.09. The Hall–Kier alpha value is -3.05. The van der Waals surface area contributed by atoms with Crippen LogP contribution in [0.3, 0.4) is 0 Å². The van der Waals surface area contributed by atoms with E-state index >= 15 is 0 Å². The minimum atomic E-state index is 0.137. The molecule has 2 heterocycles. The van der Waals surface area contributed by atoms with Crippen LogP contribution in [0.25, 0.3) is 22.4 Å². The molecule has 5 nitrogen and oxygen atoms in total. The lowest BCUT2D eigenvalue weighted by atomic mass is 10.1. The van der Waals surface area contributed by atoms with E-state index in [1.54, 1.807) is 30.6 Å². The fraction of sp³-hybridized carbons (Fsp3) is 0.0526. The van der Waals surface area contributed by atoms with Crippen molar-refractivity contribution in [2.24, 2.45) is 0 Å². The second kappa shape index (κ2) is 6.11. The highest BCUT2D eigenvalue weighted by atomic mass is 35.5. The van der Waals surface area contributed by atoms with E-state index in [1.807, 2.05) is 34.9 Å². The molecule has 0 unspecified atom stereocenters. The number of phenolic OH excluding ortho intramolecular Hbond substituents is 1. The number of para-hydroxylation sites is 1. The van der Waals surface area contributed by atoms with Gasteiger partial charge < -0.3 is 15.4 Å². The maximum atomic E-state index is 10.1. The molecule has 2 aromatic carbocycles. The third-order valence-corrected chi connectivity index (χ3v) is 4.45. The lowest BCUT2D eigenvalue weighted by molar-refractivity contribution is 0.477. The summed E-state index contributed by atoms with van der Waals surface area (Å²) >= 11 is 6.26. The molecule has 0 spiro atoms. The number of pyridine rings is 1. The van der Waals surface area contributed by atoms with E-state index in [9.17, 15) is 5.11 Å². The van der Waals surface area contributed by atoms with Crippen LogP contribution in [-0.4, -0.2) is 19.6 Å². The first-order chi connectivity index (χ1) is 12.1. The topological polar surface area (TPSA) is 77.0 Å². The van der Waals surface area contributed by atoms with Crippen molar-refractivity contribution in [1.29, 1.82) is 0 Å². The number of aromatic hydroxyl groups is 1. The number of nitrogens with two attached hydrogens (primary N) is 1. The van der Waals surface area contributed by atoms with Crippen LogP contribution in [0.2, 0.25) is 5.02 Å². The molecule has 0 atom stereocenters. The van der Waals surface area contributed by atoms with Gasteiger partial charge in [0.15, 0.2) is 5.65 Å². The molecule has 0 saturated carbocycles. The van der Waals surface area contributed by atoms with Gasteiger partial charge in [0.25, 0.3) is 0 Å². The molecule has 6 heteroatoms. The number of anilines is 1. The van der Waals surface area contributed by atoms with E-state index < -0.39 is 0 Å². The van der Waals surface area contributed by atoms with E-state index in [4.69, 9.17) is 17.3 Å². The van der Waals surface area contributed by atoms with Crippen LogP contribution in [0.4, 0.5) is 5.69 Å². The molecule has 3 N–H and O–H groups in total. The van der Waals surface area contributed by atoms with Gasteiger partial charge in [0.05, 0.1) is 24.3 Å². The molecule has 0 aliphatic heterocycles. The molecule has 124 valence electrons. The summed E-state index contributed by atoms with van der Waals surface area (Å²) in [6.45, 7) is 0.549. The van der Waals surface area contributed by atoms with Crippen LogP contribution in [0.1, 0.15) is 5.56 Å². The molecular formula is C19H15ClN4O. The summed E-state index contributed by atoms with van der Waals surface area (Å²) in [6.07, 6.45) is 1.72. The minimum absolute atomic E-state index is 0.137. The number of halogens is 1. The number of phenols is 1. The summed E-state index contributed by atoms with van der Waals surface area (Å²) in [5.74, 6) is 0.137. The SMILES string of the molecule is Nc1cc2ncn(Cc3ccccc3Cl)c2nc1-c1ccccc1O. The average Bonchev–Trinajstić information content (AvgIpc) is 2.98. The molecule has 0 amide bonds. The largest absolute Gasteiger partial charge is 0.507 e. The van der Waals surface area contributed by atoms with Gasteiger partial charge in [-0.1, -0.05) is 41.9 Å². The molecule has 0 bridgehead atoms. The van der Waals surface area contributed by atoms with E-state index in [0.717, 1.165) is 5.56 Å². The van der Waals surface area contributed by atoms with Gasteiger partial charge in [0.1, 0.15) is 11.3 Å². The van der Waals surface area contributed by atoms with Crippen molar-refractivity contribution in [3.63, 3.8) is 0 Å². The zero-order chi connectivity index (χ0) is 17.4. The molecule has 2 aromatic heterocycles. The third kappa shape index (κ3) is 2.79. The van der Waals surface area contributed by atoms with E-state index in [-0.39, 0.29) is 5.75 Å². The number of rotatable bonds is 3. The highest BCUT2D eigenvalue weighted by Gasteiger charge is 2.14. The maximum Gasteiger partial charge on any atom is 0.160 e. The van der Waals surface area contributed by atoms with Gasteiger partial charge in [-0.3, -0.25) is 0 Å². The monoisotopic (exact) mass is 350 g/mol. The number of hydrogen-bond acceptors (Lipinski definition) is 4. The Kier molecular flexibility index (Phi) is 3.78. The number of benzene rings is 2. The zero-order valence-electron chi connectivity index (χ0n) is 13.2. The molecule has 0 radical (unpaired) electrons. The molecule has 4 aromatic rings. The molecule has 0 fully saturated rings. The Morgan fingerprint density at radius 3 is 2.64 bits per heavy atom. The van der Waals surface area contributed by atoms with Gasteiger partial charge in [-0.15, -0.1) is 0 Å². The number of aromatic nitrogens is 3. The smallest absolute Gasteiger partial charge is 0.160 e. The second-order valence-electron chi connectivity index (χ2n) is 5.75. The molecular weight excluding hydrogens is 336 g/mol. The van der Waals surface area contributed by atoms with Gasteiger partial charge in [0, 0.05) is 10.6 Å². The first-order valence-corrected chi connectivity index (χ1v) is 8.14. The Balaban J connectivity index is 1.84. The Bertz CT molecular complexity index is 1070. The number of nitrogens with zero attached hydrogens (tertiary/aromatic N) is 3. The molecule has 0 aliphatic rings. The highest BCUT2D eigenvalue weighted by molar-refractivity contribution is 6.31. The number of hydrogen-bond donors (Lipinski definition) is 2. The van der Waals surface area contributed by atoms with Crippen molar-refractivity contribution >= 4 is 28.5 Å². The molecule has 4 rings (SSSR count). The van der Waals surface area contributed by atoms with Gasteiger partial charge in [-0.25, -0.2) is 9.97 Å². The van der Waals surface area contributed by atoms with Gasteiger partial charge >= 0.3 is 0 Å². The lowest BCUT2D eigenvalue weighted by Crippen LogP contribution is -2.02. The van der Waals surface area contributed by atoms with E-state index in [1.165, 1.54) is 0 Å². The van der Waals surface area contributed by atoms with Crippen molar-refractivity contribution in [3.05, 3.63) is 71.5 Å². The van der Waals surface area contributed by atoms with Gasteiger partial charge in [-0.2, -0.15) is 0 Å². The van der Waals surface area contributed by atoms with Crippen LogP contribution >= 0.6 is 11.6 Å². The van der Waals surface area contributed by atoms with Crippen molar-refractivity contribution in [2.45, 2.75) is 6.54 Å². The summed E-state index contributed by atoms with van der Waals surface area (Å²) in [4.78, 5) is 9.04. The van der Waals surface area contributed by atoms with Crippen LogP contribution in [0, 0.1) is 0 Å². The number of nitrogen functional groups attached to an aromatic ring is 1. The normalized spacial score (nSPS) is 11.1. The summed E-state index contributed by atoms with van der Waals surface area (Å²) in [6, 6.07) is 16.4. The van der Waals surface area contributed by atoms with Crippen LogP contribution in [0.15, 0.2) is 60.9 Å². The molecule has 0 saturated heterocycles. The zero-order valence-corrected chi connectivity index (χ0v) is 14.0. The van der Waals surface area contributed by atoms with Crippen molar-refractivity contribution in [1.82, 2.24) is 14.5 Å². The number of fused-ring (bicyclic) bond motifs is 1. The Morgan fingerprint density at radius 1 is 1.08 bits per heavy atom. The molecule has 25 heavy (non-hydrogen) atoms. The minimum Gasteiger partial charge on any atom is -0.507 e. The summed E-state index contributed by atoms with van der Waals surface area (Å²) < 4.78 is 1.92. The Labute approximate surface area is 149 Å². The van der Waals surface area contributed by atoms with Crippen LogP contribution < -0.4 is 5.73 Å².